The number of carbonyl (C=O) groups is 1. The van der Waals surface area contributed by atoms with Crippen LogP contribution in [0.4, 0.5) is 5.82 Å². The number of aromatic nitrogens is 3. The van der Waals surface area contributed by atoms with Crippen molar-refractivity contribution >= 4 is 11.7 Å². The summed E-state index contributed by atoms with van der Waals surface area (Å²) in [7, 11) is 0. The Labute approximate surface area is 146 Å². The molecule has 2 N–H and O–H groups in total. The van der Waals surface area contributed by atoms with Crippen molar-refractivity contribution in [1.82, 2.24) is 19.9 Å². The fourth-order valence-corrected chi connectivity index (χ4v) is 2.43. The van der Waals surface area contributed by atoms with Gasteiger partial charge in [-0.3, -0.25) is 4.79 Å². The first kappa shape index (κ1) is 16.7. The van der Waals surface area contributed by atoms with E-state index in [4.69, 9.17) is 0 Å². The lowest BCUT2D eigenvalue weighted by Crippen LogP contribution is -2.28. The van der Waals surface area contributed by atoms with Gasteiger partial charge in [-0.25, -0.2) is 9.97 Å². The third-order valence-electron chi connectivity index (χ3n) is 3.86. The van der Waals surface area contributed by atoms with Crippen LogP contribution in [0.25, 0.3) is 5.82 Å². The molecule has 2 heterocycles. The fraction of sp³-hybridized carbons (Fsp3) is 0.211. The molecule has 3 rings (SSSR count). The lowest BCUT2D eigenvalue weighted by Gasteiger charge is -2.09. The molecule has 0 aliphatic heterocycles. The van der Waals surface area contributed by atoms with Gasteiger partial charge in [-0.05, 0) is 36.2 Å². The zero-order valence-electron chi connectivity index (χ0n) is 14.1. The molecule has 3 aromatic rings. The maximum atomic E-state index is 12.1. The van der Waals surface area contributed by atoms with E-state index in [2.05, 4.69) is 27.5 Å². The lowest BCUT2D eigenvalue weighted by atomic mass is 10.1. The van der Waals surface area contributed by atoms with Crippen LogP contribution < -0.4 is 10.6 Å². The van der Waals surface area contributed by atoms with Gasteiger partial charge in [0.2, 0.25) is 0 Å². The highest BCUT2D eigenvalue weighted by molar-refractivity contribution is 5.94. The first-order chi connectivity index (χ1) is 12.3. The number of hydrogen-bond donors (Lipinski definition) is 2. The molecular weight excluding hydrogens is 314 g/mol. The van der Waals surface area contributed by atoms with E-state index in [0.29, 0.717) is 18.7 Å². The molecule has 2 aromatic heterocycles. The summed E-state index contributed by atoms with van der Waals surface area (Å²) >= 11 is 0. The molecule has 0 atom stereocenters. The fourth-order valence-electron chi connectivity index (χ4n) is 2.43. The predicted octanol–water partition coefficient (Wildman–Crippen LogP) is 2.67. The largest absolute Gasteiger partial charge is 0.368 e. The van der Waals surface area contributed by atoms with Crippen molar-refractivity contribution < 1.29 is 4.79 Å². The lowest BCUT2D eigenvalue weighted by molar-refractivity contribution is 0.0955. The number of nitrogens with one attached hydrogen (secondary N) is 2. The molecule has 0 saturated carbocycles. The third-order valence-corrected chi connectivity index (χ3v) is 3.86. The summed E-state index contributed by atoms with van der Waals surface area (Å²) in [6.45, 7) is 3.19. The topological polar surface area (TPSA) is 71.8 Å². The van der Waals surface area contributed by atoms with Gasteiger partial charge in [-0.1, -0.05) is 19.1 Å². The maximum Gasteiger partial charge on any atom is 0.251 e. The molecule has 128 valence electrons. The molecule has 1 aromatic carbocycles. The van der Waals surface area contributed by atoms with Crippen molar-refractivity contribution in [3.63, 3.8) is 0 Å². The molecule has 0 unspecified atom stereocenters. The number of nitrogens with zero attached hydrogens (tertiary/aromatic N) is 3. The van der Waals surface area contributed by atoms with Crippen molar-refractivity contribution in [1.29, 1.82) is 0 Å². The minimum Gasteiger partial charge on any atom is -0.368 e. The summed E-state index contributed by atoms with van der Waals surface area (Å²) < 4.78 is 1.91. The van der Waals surface area contributed by atoms with Crippen molar-refractivity contribution in [3.8, 4) is 5.82 Å². The van der Waals surface area contributed by atoms with E-state index < -0.39 is 0 Å². The number of benzene rings is 1. The van der Waals surface area contributed by atoms with Crippen LogP contribution in [0.3, 0.4) is 0 Å². The van der Waals surface area contributed by atoms with Crippen LogP contribution in [0.15, 0.2) is 61.2 Å². The number of carbonyl (C=O) groups excluding carboxylic acids is 1. The summed E-state index contributed by atoms with van der Waals surface area (Å²) in [6.07, 6.45) is 6.34. The van der Waals surface area contributed by atoms with Gasteiger partial charge in [0, 0.05) is 37.1 Å². The number of rotatable bonds is 7. The number of amides is 1. The minimum absolute atomic E-state index is 0.0693. The summed E-state index contributed by atoms with van der Waals surface area (Å²) in [6, 6.07) is 13.4. The Morgan fingerprint density at radius 2 is 1.84 bits per heavy atom. The molecule has 25 heavy (non-hydrogen) atoms. The Balaban J connectivity index is 1.48. The second-order valence-electron chi connectivity index (χ2n) is 5.58. The van der Waals surface area contributed by atoms with Gasteiger partial charge < -0.3 is 15.2 Å². The van der Waals surface area contributed by atoms with E-state index in [-0.39, 0.29) is 5.91 Å². The van der Waals surface area contributed by atoms with Crippen molar-refractivity contribution in [3.05, 3.63) is 72.3 Å². The van der Waals surface area contributed by atoms with Crippen LogP contribution in [0.2, 0.25) is 0 Å². The van der Waals surface area contributed by atoms with E-state index >= 15 is 0 Å². The first-order valence-corrected chi connectivity index (χ1v) is 8.32. The molecule has 0 radical (unpaired) electrons. The molecular formula is C19H21N5O. The van der Waals surface area contributed by atoms with Gasteiger partial charge in [-0.15, -0.1) is 0 Å². The standard InChI is InChI=1S/C19H21N5O/c1-2-15-5-7-16(8-6-15)19(25)21-10-9-20-17-13-18(23-14-22-17)24-11-3-4-12-24/h3-8,11-14H,2,9-10H2,1H3,(H,21,25)(H,20,22,23). The van der Waals surface area contributed by atoms with Gasteiger partial charge in [0.25, 0.3) is 5.91 Å². The highest BCUT2D eigenvalue weighted by Crippen LogP contribution is 2.09. The van der Waals surface area contributed by atoms with Gasteiger partial charge in [0.15, 0.2) is 0 Å². The van der Waals surface area contributed by atoms with E-state index in [1.165, 1.54) is 11.9 Å². The van der Waals surface area contributed by atoms with Crippen LogP contribution in [0, 0.1) is 0 Å². The number of anilines is 1. The second-order valence-corrected chi connectivity index (χ2v) is 5.58. The van der Waals surface area contributed by atoms with Crippen molar-refractivity contribution in [2.24, 2.45) is 0 Å². The Morgan fingerprint density at radius 1 is 1.08 bits per heavy atom. The average molecular weight is 335 g/mol. The SMILES string of the molecule is CCc1ccc(C(=O)NCCNc2cc(-n3cccc3)ncn2)cc1. The smallest absolute Gasteiger partial charge is 0.251 e. The molecule has 0 saturated heterocycles. The molecule has 0 aliphatic carbocycles. The highest BCUT2D eigenvalue weighted by atomic mass is 16.1. The Bertz CT molecular complexity index is 812. The Morgan fingerprint density at radius 3 is 2.56 bits per heavy atom. The quantitative estimate of drug-likeness (QED) is 0.651. The van der Waals surface area contributed by atoms with Crippen LogP contribution >= 0.6 is 0 Å². The minimum atomic E-state index is -0.0693. The summed E-state index contributed by atoms with van der Waals surface area (Å²) in [5.41, 5.74) is 1.90. The normalized spacial score (nSPS) is 10.4. The molecule has 0 aliphatic rings. The summed E-state index contributed by atoms with van der Waals surface area (Å²) in [4.78, 5) is 20.5. The van der Waals surface area contributed by atoms with Gasteiger partial charge in [-0.2, -0.15) is 0 Å². The molecule has 0 bridgehead atoms. The zero-order valence-corrected chi connectivity index (χ0v) is 14.1. The molecule has 1 amide bonds. The molecule has 6 heteroatoms. The van der Waals surface area contributed by atoms with Gasteiger partial charge in [0.05, 0.1) is 0 Å². The summed E-state index contributed by atoms with van der Waals surface area (Å²) in [5, 5.41) is 6.09. The van der Waals surface area contributed by atoms with E-state index in [0.717, 1.165) is 18.1 Å². The van der Waals surface area contributed by atoms with Crippen molar-refractivity contribution in [2.75, 3.05) is 18.4 Å². The van der Waals surface area contributed by atoms with E-state index in [1.807, 2.05) is 59.4 Å². The first-order valence-electron chi connectivity index (χ1n) is 8.32. The van der Waals surface area contributed by atoms with Crippen molar-refractivity contribution in [2.45, 2.75) is 13.3 Å². The maximum absolute atomic E-state index is 12.1. The van der Waals surface area contributed by atoms with Gasteiger partial charge >= 0.3 is 0 Å². The number of aryl methyl sites for hydroxylation is 1. The average Bonchev–Trinajstić information content (AvgIpc) is 3.20. The highest BCUT2D eigenvalue weighted by Gasteiger charge is 2.04. The van der Waals surface area contributed by atoms with Crippen LogP contribution in [-0.2, 0) is 6.42 Å². The zero-order chi connectivity index (χ0) is 17.5. The predicted molar refractivity (Wildman–Crippen MR) is 98.0 cm³/mol. The molecule has 6 nitrogen and oxygen atoms in total. The van der Waals surface area contributed by atoms with Crippen LogP contribution in [0.5, 0.6) is 0 Å². The summed E-state index contributed by atoms with van der Waals surface area (Å²) in [5.74, 6) is 1.45. The monoisotopic (exact) mass is 335 g/mol. The second kappa shape index (κ2) is 8.10. The van der Waals surface area contributed by atoms with Gasteiger partial charge in [0.1, 0.15) is 18.0 Å². The molecule has 0 spiro atoms. The van der Waals surface area contributed by atoms with E-state index in [1.54, 1.807) is 0 Å². The Hall–Kier alpha value is -3.15. The molecule has 0 fully saturated rings. The van der Waals surface area contributed by atoms with E-state index in [9.17, 15) is 4.79 Å². The Kier molecular flexibility index (Phi) is 5.41. The third kappa shape index (κ3) is 4.44. The van der Waals surface area contributed by atoms with Crippen LogP contribution in [0.1, 0.15) is 22.8 Å². The van der Waals surface area contributed by atoms with Crippen LogP contribution in [-0.4, -0.2) is 33.5 Å². The number of hydrogen-bond acceptors (Lipinski definition) is 4.